The van der Waals surface area contributed by atoms with E-state index in [0.29, 0.717) is 18.7 Å². The first-order valence-corrected chi connectivity index (χ1v) is 20.8. The Kier molecular flexibility index (Phi) is 16.6. The maximum Gasteiger partial charge on any atom is 0.324 e. The summed E-state index contributed by atoms with van der Waals surface area (Å²) >= 11 is 0. The van der Waals surface area contributed by atoms with Gasteiger partial charge in [0.1, 0.15) is 17.8 Å². The molecule has 2 fully saturated rings. The van der Waals surface area contributed by atoms with E-state index in [9.17, 15) is 30.0 Å². The van der Waals surface area contributed by atoms with E-state index in [4.69, 9.17) is 28.4 Å². The molecule has 0 saturated carbocycles. The number of likely N-dealkylation sites (N-methyl/N-ethyl adjacent to an activating group) is 2. The molecule has 1 aromatic heterocycles. The first-order chi connectivity index (χ1) is 28.1. The average Bonchev–Trinajstić information content (AvgIpc) is 3.22. The summed E-state index contributed by atoms with van der Waals surface area (Å²) in [7, 11) is 7.99. The van der Waals surface area contributed by atoms with Crippen molar-refractivity contribution in [2.75, 3.05) is 46.8 Å². The lowest BCUT2D eigenvalue weighted by atomic mass is 9.78. The SMILES string of the molecule is CC[C@H]1OC(=O)[C@H](C)[C@@H](O)[C@H](C)[C@@H](O[C@@H]2O[C@H](C)C[C@H](N(C)C(=O)N(C)c3ccccc3)[C@H]2Oc2cc(OC)nnc2OC)[C@](C)(O)C[C@@H](C)CN(C)[C@H](C)[C@@H](O)[C@]1(C)O. The van der Waals surface area contributed by atoms with Crippen LogP contribution in [0.1, 0.15) is 74.7 Å². The van der Waals surface area contributed by atoms with Crippen molar-refractivity contribution in [2.45, 2.75) is 141 Å². The number of rotatable bonds is 9. The fourth-order valence-corrected chi connectivity index (χ4v) is 8.68. The van der Waals surface area contributed by atoms with E-state index in [1.165, 1.54) is 39.0 Å². The normalized spacial score (nSPS) is 36.2. The molecule has 0 radical (unpaired) electrons. The van der Waals surface area contributed by atoms with Crippen LogP contribution in [0.2, 0.25) is 0 Å². The minimum atomic E-state index is -1.82. The Hall–Kier alpha value is -3.84. The molecule has 4 rings (SSSR count). The number of carbonyl (C=O) groups excluding carboxylic acids is 2. The minimum absolute atomic E-state index is 0.0287. The number of cyclic esters (lactones) is 1. The highest BCUT2D eigenvalue weighted by Gasteiger charge is 2.51. The molecule has 2 aliphatic heterocycles. The number of methoxy groups -OCH3 is 2. The predicted molar refractivity (Wildman–Crippen MR) is 223 cm³/mol. The van der Waals surface area contributed by atoms with Crippen LogP contribution in [0.15, 0.2) is 36.4 Å². The maximum absolute atomic E-state index is 14.2. The molecule has 14 atom stereocenters. The molecule has 17 heteroatoms. The topological polar surface area (TPSA) is 206 Å². The van der Waals surface area contributed by atoms with E-state index in [1.54, 1.807) is 46.7 Å². The van der Waals surface area contributed by atoms with Crippen molar-refractivity contribution in [3.05, 3.63) is 36.4 Å². The first kappa shape index (κ1) is 48.8. The van der Waals surface area contributed by atoms with E-state index >= 15 is 0 Å². The van der Waals surface area contributed by atoms with Gasteiger partial charge in [-0.3, -0.25) is 9.69 Å². The predicted octanol–water partition coefficient (Wildman–Crippen LogP) is 3.50. The molecular formula is C43H69N5O12. The van der Waals surface area contributed by atoms with Crippen LogP contribution in [0.4, 0.5) is 10.5 Å². The smallest absolute Gasteiger partial charge is 0.324 e. The highest BCUT2D eigenvalue weighted by Crippen LogP contribution is 2.39. The fraction of sp³-hybridized carbons (Fsp3) is 0.721. The number of aliphatic hydroxyl groups is 4. The number of aliphatic hydroxyl groups excluding tert-OH is 2. The van der Waals surface area contributed by atoms with E-state index in [-0.39, 0.29) is 42.3 Å². The van der Waals surface area contributed by atoms with Gasteiger partial charge in [0.15, 0.2) is 18.1 Å². The standard InChI is InChI=1S/C43H69N5O12/c1-14-32-43(8,54)36(50)28(6)46(9)23-24(2)22-42(7,53)37(26(4)34(49)27(5)39(51)59-32)60-40-35(58-31-21-33(55-12)44-45-38(31)56-13)30(20-25(3)57-40)48(11)41(52)47(10)29-18-16-15-17-19-29/h15-19,21,24-28,30,32,34-37,40,49-50,53-54H,14,20,22-23H2,1-13H3/t24-,25-,26+,27-,28-,30+,32-,34+,35-,36-,37-,40+,42-,43-/m1/s1. The third-order valence-electron chi connectivity index (χ3n) is 12.4. The summed E-state index contributed by atoms with van der Waals surface area (Å²) in [4.78, 5) is 32.9. The van der Waals surface area contributed by atoms with Crippen LogP contribution >= 0.6 is 0 Å². The third-order valence-corrected chi connectivity index (χ3v) is 12.4. The van der Waals surface area contributed by atoms with Gasteiger partial charge in [-0.25, -0.2) is 4.79 Å². The molecule has 0 bridgehead atoms. The number of hydrogen-bond acceptors (Lipinski definition) is 15. The van der Waals surface area contributed by atoms with E-state index < -0.39 is 84.0 Å². The lowest BCUT2D eigenvalue weighted by Crippen LogP contribution is -2.62. The lowest BCUT2D eigenvalue weighted by molar-refractivity contribution is -0.294. The number of nitrogens with zero attached hydrogens (tertiary/aromatic N) is 5. The summed E-state index contributed by atoms with van der Waals surface area (Å²) in [5, 5.41) is 55.7. The molecule has 3 heterocycles. The largest absolute Gasteiger partial charge is 0.480 e. The van der Waals surface area contributed by atoms with Crippen molar-refractivity contribution in [1.82, 2.24) is 20.0 Å². The third kappa shape index (κ3) is 11.0. The van der Waals surface area contributed by atoms with Crippen LogP contribution in [0, 0.1) is 17.8 Å². The van der Waals surface area contributed by atoms with Gasteiger partial charge < -0.3 is 58.6 Å². The minimum Gasteiger partial charge on any atom is -0.480 e. The number of esters is 1. The number of amides is 2. The zero-order valence-electron chi connectivity index (χ0n) is 37.5. The molecule has 1 aromatic carbocycles. The number of ether oxygens (including phenoxy) is 6. The summed E-state index contributed by atoms with van der Waals surface area (Å²) in [6.45, 7) is 13.9. The number of aromatic nitrogens is 2. The molecule has 2 aliphatic rings. The summed E-state index contributed by atoms with van der Waals surface area (Å²) in [6, 6.07) is 9.05. The van der Waals surface area contributed by atoms with Gasteiger partial charge in [-0.2, -0.15) is 0 Å². The van der Waals surface area contributed by atoms with Gasteiger partial charge in [0.05, 0.1) is 50.1 Å². The van der Waals surface area contributed by atoms with Gasteiger partial charge in [-0.1, -0.05) is 39.0 Å². The van der Waals surface area contributed by atoms with Crippen LogP contribution in [-0.4, -0.2) is 161 Å². The molecule has 60 heavy (non-hydrogen) atoms. The second-order valence-corrected chi connectivity index (χ2v) is 17.3. The highest BCUT2D eigenvalue weighted by molar-refractivity contribution is 5.91. The maximum atomic E-state index is 14.2. The number of carbonyl (C=O) groups is 2. The van der Waals surface area contributed by atoms with Crippen LogP contribution in [0.25, 0.3) is 0 Å². The van der Waals surface area contributed by atoms with Gasteiger partial charge in [0.2, 0.25) is 5.88 Å². The Morgan fingerprint density at radius 2 is 1.67 bits per heavy atom. The summed E-state index contributed by atoms with van der Waals surface area (Å²) in [5.41, 5.74) is -2.83. The zero-order valence-corrected chi connectivity index (χ0v) is 37.5. The highest BCUT2D eigenvalue weighted by atomic mass is 16.7. The number of urea groups is 1. The monoisotopic (exact) mass is 847 g/mol. The molecule has 4 N–H and O–H groups in total. The van der Waals surface area contributed by atoms with Crippen molar-refractivity contribution in [3.8, 4) is 17.5 Å². The molecule has 2 amide bonds. The van der Waals surface area contributed by atoms with Crippen molar-refractivity contribution in [1.29, 1.82) is 0 Å². The quantitative estimate of drug-likeness (QED) is 0.267. The van der Waals surface area contributed by atoms with Crippen LogP contribution in [0.3, 0.4) is 0 Å². The van der Waals surface area contributed by atoms with Gasteiger partial charge in [-0.05, 0) is 79.0 Å². The molecule has 0 aliphatic carbocycles. The Bertz CT molecular complexity index is 1700. The number of benzene rings is 1. The van der Waals surface area contributed by atoms with Crippen LogP contribution in [0.5, 0.6) is 17.5 Å². The molecule has 0 spiro atoms. The van der Waals surface area contributed by atoms with Crippen molar-refractivity contribution in [3.63, 3.8) is 0 Å². The van der Waals surface area contributed by atoms with Gasteiger partial charge in [-0.15, -0.1) is 10.2 Å². The number of hydrogen-bond donors (Lipinski definition) is 4. The molecule has 2 saturated heterocycles. The van der Waals surface area contributed by atoms with E-state index in [0.717, 1.165) is 0 Å². The molecule has 0 unspecified atom stereocenters. The molecule has 2 aromatic rings. The van der Waals surface area contributed by atoms with Crippen LogP contribution in [-0.2, 0) is 19.0 Å². The second-order valence-electron chi connectivity index (χ2n) is 17.3. The van der Waals surface area contributed by atoms with E-state index in [2.05, 4.69) is 10.2 Å². The van der Waals surface area contributed by atoms with Crippen molar-refractivity contribution >= 4 is 17.7 Å². The Morgan fingerprint density at radius 3 is 2.27 bits per heavy atom. The Labute approximate surface area is 354 Å². The summed E-state index contributed by atoms with van der Waals surface area (Å²) in [5.74, 6) is -2.83. The average molecular weight is 848 g/mol. The van der Waals surface area contributed by atoms with Gasteiger partial charge in [0, 0.05) is 44.4 Å². The second kappa shape index (κ2) is 20.4. The Balaban J connectivity index is 1.82. The molecule has 338 valence electrons. The van der Waals surface area contributed by atoms with E-state index in [1.807, 2.05) is 56.1 Å². The molecular weight excluding hydrogens is 778 g/mol. The Morgan fingerprint density at radius 1 is 1.02 bits per heavy atom. The summed E-state index contributed by atoms with van der Waals surface area (Å²) in [6.07, 6.45) is -7.28. The summed E-state index contributed by atoms with van der Waals surface area (Å²) < 4.78 is 36.8. The zero-order chi connectivity index (χ0) is 44.9. The van der Waals surface area contributed by atoms with Gasteiger partial charge in [0.25, 0.3) is 5.88 Å². The first-order valence-electron chi connectivity index (χ1n) is 20.8. The number of anilines is 1. The van der Waals surface area contributed by atoms with Crippen molar-refractivity contribution < 1.29 is 58.4 Å². The van der Waals surface area contributed by atoms with Gasteiger partial charge >= 0.3 is 12.0 Å². The van der Waals surface area contributed by atoms with Crippen molar-refractivity contribution in [2.24, 2.45) is 17.8 Å². The van der Waals surface area contributed by atoms with Crippen LogP contribution < -0.4 is 19.1 Å². The number of para-hydroxylation sites is 1. The fourth-order valence-electron chi connectivity index (χ4n) is 8.68. The lowest BCUT2D eigenvalue weighted by Gasteiger charge is -2.48. The molecule has 17 nitrogen and oxygen atoms in total.